The third kappa shape index (κ3) is 6.90. The number of halogens is 2. The van der Waals surface area contributed by atoms with Crippen LogP contribution in [0.1, 0.15) is 10.4 Å². The molecule has 1 rings (SSSR count). The number of phenols is 1. The van der Waals surface area contributed by atoms with E-state index in [1.807, 2.05) is 0 Å². The molecule has 1 aromatic rings. The van der Waals surface area contributed by atoms with Gasteiger partial charge in [-0.3, -0.25) is 0 Å². The summed E-state index contributed by atoms with van der Waals surface area (Å²) in [6, 6.07) is 2.91. The number of carboxylic acid groups (broad SMARTS) is 3. The van der Waals surface area contributed by atoms with Crippen molar-refractivity contribution < 1.29 is 34.8 Å². The average Bonchev–Trinajstić information content (AvgIpc) is 2.31. The standard InChI is InChI=1S/C7H4Br2O3.C4H4O4/c8-3-1-4(7(11)12)6(10)5(9)2-3;5-3(6)1-2-4(7)8/h1-2,10H,(H,11,12);1-2H,(H,5,6)(H,7,8)/b;2-1+. The average molecular weight is 412 g/mol. The quantitative estimate of drug-likeness (QED) is 0.561. The summed E-state index contributed by atoms with van der Waals surface area (Å²) in [5.74, 6) is -3.93. The smallest absolute Gasteiger partial charge is 0.339 e. The summed E-state index contributed by atoms with van der Waals surface area (Å²) in [6.07, 6.45) is 1.12. The molecule has 1 aromatic carbocycles. The van der Waals surface area contributed by atoms with E-state index in [2.05, 4.69) is 31.9 Å². The van der Waals surface area contributed by atoms with Gasteiger partial charge in [0.05, 0.1) is 4.47 Å². The summed E-state index contributed by atoms with van der Waals surface area (Å²) in [6.45, 7) is 0. The molecule has 0 aliphatic rings. The molecule has 0 spiro atoms. The first kappa shape index (κ1) is 18.1. The summed E-state index contributed by atoms with van der Waals surface area (Å²) in [4.78, 5) is 29.6. The Labute approximate surface area is 129 Å². The van der Waals surface area contributed by atoms with E-state index in [4.69, 9.17) is 15.3 Å². The number of hydrogen-bond acceptors (Lipinski definition) is 4. The number of aliphatic carboxylic acids is 2. The monoisotopic (exact) mass is 410 g/mol. The zero-order valence-corrected chi connectivity index (χ0v) is 12.8. The molecule has 0 amide bonds. The normalized spacial score (nSPS) is 9.70. The van der Waals surface area contributed by atoms with Gasteiger partial charge in [0.1, 0.15) is 11.3 Å². The van der Waals surface area contributed by atoms with Crippen molar-refractivity contribution in [2.24, 2.45) is 0 Å². The van der Waals surface area contributed by atoms with Crippen LogP contribution in [0.2, 0.25) is 0 Å². The Morgan fingerprint density at radius 2 is 1.40 bits per heavy atom. The van der Waals surface area contributed by atoms with Crippen LogP contribution in [0.4, 0.5) is 0 Å². The Bertz CT molecular complexity index is 550. The molecule has 20 heavy (non-hydrogen) atoms. The van der Waals surface area contributed by atoms with Gasteiger partial charge in [0.15, 0.2) is 0 Å². The van der Waals surface area contributed by atoms with Crippen LogP contribution >= 0.6 is 31.9 Å². The highest BCUT2D eigenvalue weighted by molar-refractivity contribution is 9.11. The maximum Gasteiger partial charge on any atom is 0.339 e. The second kappa shape index (κ2) is 8.33. The lowest BCUT2D eigenvalue weighted by Crippen LogP contribution is -1.96. The van der Waals surface area contributed by atoms with E-state index in [0.29, 0.717) is 21.1 Å². The molecule has 108 valence electrons. The van der Waals surface area contributed by atoms with Gasteiger partial charge in [-0.05, 0) is 28.1 Å². The second-order valence-corrected chi connectivity index (χ2v) is 4.87. The largest absolute Gasteiger partial charge is 0.506 e. The van der Waals surface area contributed by atoms with Gasteiger partial charge in [-0.25, -0.2) is 14.4 Å². The van der Waals surface area contributed by atoms with Crippen LogP contribution < -0.4 is 0 Å². The number of aromatic hydroxyl groups is 1. The van der Waals surface area contributed by atoms with Crippen LogP contribution in [0.15, 0.2) is 33.2 Å². The number of benzene rings is 1. The first-order chi connectivity index (χ1) is 9.15. The summed E-state index contributed by atoms with van der Waals surface area (Å²) in [5, 5.41) is 33.5. The van der Waals surface area contributed by atoms with Crippen molar-refractivity contribution in [2.75, 3.05) is 0 Å². The fourth-order valence-electron chi connectivity index (χ4n) is 0.872. The van der Waals surface area contributed by atoms with Gasteiger partial charge in [-0.15, -0.1) is 0 Å². The molecule has 0 saturated carbocycles. The molecule has 0 aliphatic carbocycles. The molecule has 9 heteroatoms. The molecular weight excluding hydrogens is 404 g/mol. The van der Waals surface area contributed by atoms with E-state index in [-0.39, 0.29) is 11.3 Å². The lowest BCUT2D eigenvalue weighted by atomic mass is 10.2. The van der Waals surface area contributed by atoms with Gasteiger partial charge in [0.25, 0.3) is 0 Å². The Kier molecular flexibility index (Phi) is 7.55. The van der Waals surface area contributed by atoms with Crippen molar-refractivity contribution in [1.29, 1.82) is 0 Å². The first-order valence-electron chi connectivity index (χ1n) is 4.70. The molecule has 0 aromatic heterocycles. The third-order valence-electron chi connectivity index (χ3n) is 1.63. The van der Waals surface area contributed by atoms with Crippen molar-refractivity contribution >= 4 is 49.8 Å². The Morgan fingerprint density at radius 1 is 0.950 bits per heavy atom. The number of aromatic carboxylic acids is 1. The van der Waals surface area contributed by atoms with Gasteiger partial charge in [0.2, 0.25) is 0 Å². The molecule has 0 fully saturated rings. The van der Waals surface area contributed by atoms with Gasteiger partial charge in [-0.2, -0.15) is 0 Å². The zero-order valence-electron chi connectivity index (χ0n) is 9.58. The highest BCUT2D eigenvalue weighted by Crippen LogP contribution is 2.31. The van der Waals surface area contributed by atoms with E-state index < -0.39 is 17.9 Å². The predicted molar refractivity (Wildman–Crippen MR) is 74.9 cm³/mol. The minimum absolute atomic E-state index is 0.128. The molecule has 0 aliphatic heterocycles. The van der Waals surface area contributed by atoms with Gasteiger partial charge in [0, 0.05) is 16.6 Å². The van der Waals surface area contributed by atoms with E-state index in [1.54, 1.807) is 6.07 Å². The summed E-state index contributed by atoms with van der Waals surface area (Å²) >= 11 is 6.13. The van der Waals surface area contributed by atoms with Crippen LogP contribution in [0, 0.1) is 0 Å². The molecule has 0 unspecified atom stereocenters. The highest BCUT2D eigenvalue weighted by Gasteiger charge is 2.12. The van der Waals surface area contributed by atoms with E-state index in [9.17, 15) is 19.5 Å². The SMILES string of the molecule is O=C(O)/C=C/C(=O)O.O=C(O)c1cc(Br)cc(Br)c1O. The number of rotatable bonds is 3. The van der Waals surface area contributed by atoms with Gasteiger partial charge < -0.3 is 20.4 Å². The summed E-state index contributed by atoms with van der Waals surface area (Å²) < 4.78 is 0.957. The fourth-order valence-corrected chi connectivity index (χ4v) is 2.10. The second-order valence-electron chi connectivity index (χ2n) is 3.10. The van der Waals surface area contributed by atoms with Crippen LogP contribution in [0.25, 0.3) is 0 Å². The van der Waals surface area contributed by atoms with Crippen LogP contribution in [0.5, 0.6) is 5.75 Å². The van der Waals surface area contributed by atoms with Crippen LogP contribution in [-0.2, 0) is 9.59 Å². The van der Waals surface area contributed by atoms with Crippen LogP contribution in [-0.4, -0.2) is 38.3 Å². The maximum atomic E-state index is 10.5. The molecule has 0 heterocycles. The summed E-state index contributed by atoms with van der Waals surface area (Å²) in [7, 11) is 0. The van der Waals surface area contributed by atoms with Crippen molar-refractivity contribution in [3.63, 3.8) is 0 Å². The number of carboxylic acids is 3. The molecular formula is C11H8Br2O7. The van der Waals surface area contributed by atoms with Crippen molar-refractivity contribution in [2.45, 2.75) is 0 Å². The van der Waals surface area contributed by atoms with Crippen molar-refractivity contribution in [3.05, 3.63) is 38.8 Å². The van der Waals surface area contributed by atoms with E-state index >= 15 is 0 Å². The topological polar surface area (TPSA) is 132 Å². The summed E-state index contributed by atoms with van der Waals surface area (Å²) in [5.41, 5.74) is -0.128. The third-order valence-corrected chi connectivity index (χ3v) is 2.69. The van der Waals surface area contributed by atoms with Gasteiger partial charge >= 0.3 is 17.9 Å². The Morgan fingerprint density at radius 3 is 1.75 bits per heavy atom. The lowest BCUT2D eigenvalue weighted by molar-refractivity contribution is -0.134. The molecule has 4 N–H and O–H groups in total. The van der Waals surface area contributed by atoms with Crippen LogP contribution in [0.3, 0.4) is 0 Å². The Balaban J connectivity index is 0.000000396. The minimum Gasteiger partial charge on any atom is -0.506 e. The molecule has 0 radical (unpaired) electrons. The number of carbonyl (C=O) groups is 3. The minimum atomic E-state index is -1.26. The predicted octanol–water partition coefficient (Wildman–Crippen LogP) is 2.33. The molecule has 0 atom stereocenters. The first-order valence-corrected chi connectivity index (χ1v) is 6.29. The van der Waals surface area contributed by atoms with Crippen molar-refractivity contribution in [3.8, 4) is 5.75 Å². The number of hydrogen-bond donors (Lipinski definition) is 4. The molecule has 0 bridgehead atoms. The Hall–Kier alpha value is -1.87. The van der Waals surface area contributed by atoms with Gasteiger partial charge in [-0.1, -0.05) is 15.9 Å². The maximum absolute atomic E-state index is 10.5. The highest BCUT2D eigenvalue weighted by atomic mass is 79.9. The van der Waals surface area contributed by atoms with E-state index in [0.717, 1.165) is 0 Å². The van der Waals surface area contributed by atoms with E-state index in [1.165, 1.54) is 6.07 Å². The molecule has 0 saturated heterocycles. The molecule has 7 nitrogen and oxygen atoms in total. The zero-order chi connectivity index (χ0) is 15.9. The lowest BCUT2D eigenvalue weighted by Gasteiger charge is -2.02. The fraction of sp³-hybridized carbons (Fsp3) is 0. The van der Waals surface area contributed by atoms with Crippen molar-refractivity contribution in [1.82, 2.24) is 0 Å².